The lowest BCUT2D eigenvalue weighted by Gasteiger charge is -2.13. The zero-order valence-corrected chi connectivity index (χ0v) is 13.6. The third kappa shape index (κ3) is 2.76. The van der Waals surface area contributed by atoms with Crippen LogP contribution >= 0.6 is 0 Å². The lowest BCUT2D eigenvalue weighted by molar-refractivity contribution is 1.47. The molecular weight excluding hydrogens is 320 g/mol. The molecule has 0 aliphatic rings. The number of nitriles is 4. The number of benzene rings is 3. The number of nitrogens with zero attached hydrogens (tertiary/aromatic N) is 4. The molecule has 0 amide bonds. The van der Waals surface area contributed by atoms with Crippen LogP contribution in [0.25, 0.3) is 33.7 Å². The van der Waals surface area contributed by atoms with Gasteiger partial charge < -0.3 is 0 Å². The molecule has 0 aliphatic carbocycles. The molecule has 0 spiro atoms. The predicted molar refractivity (Wildman–Crippen MR) is 99.9 cm³/mol. The van der Waals surface area contributed by atoms with E-state index in [2.05, 4.69) is 0 Å². The molecule has 0 N–H and O–H groups in total. The fourth-order valence-corrected chi connectivity index (χ4v) is 2.97. The molecule has 4 nitrogen and oxygen atoms in total. The van der Waals surface area contributed by atoms with Crippen molar-refractivity contribution >= 4 is 33.7 Å². The van der Waals surface area contributed by atoms with Crippen LogP contribution < -0.4 is 0 Å². The highest BCUT2D eigenvalue weighted by atomic mass is 14.3. The Balaban J connectivity index is 2.58. The van der Waals surface area contributed by atoms with Crippen molar-refractivity contribution in [2.45, 2.75) is 0 Å². The van der Waals surface area contributed by atoms with Crippen molar-refractivity contribution < 1.29 is 0 Å². The normalized spacial score (nSPS) is 9.38. The van der Waals surface area contributed by atoms with Gasteiger partial charge in [-0.3, -0.25) is 0 Å². The molecule has 0 heterocycles. The largest absolute Gasteiger partial charge is 0.192 e. The first kappa shape index (κ1) is 16.5. The number of allylic oxidation sites excluding steroid dienone is 2. The molecule has 0 saturated carbocycles. The van der Waals surface area contributed by atoms with E-state index < -0.39 is 0 Å². The SMILES string of the molecule is N#CC(C#N)=Cc1c2ccccc2c(C=C(C#N)C#N)c2ccccc12. The van der Waals surface area contributed by atoms with Gasteiger partial charge in [-0.25, -0.2) is 0 Å². The Bertz CT molecular complexity index is 1080. The monoisotopic (exact) mass is 330 g/mol. The Hall–Kier alpha value is -4.38. The minimum atomic E-state index is 0.0123. The van der Waals surface area contributed by atoms with Crippen LogP contribution in [0.4, 0.5) is 0 Å². The summed E-state index contributed by atoms with van der Waals surface area (Å²) in [5.41, 5.74) is 1.56. The quantitative estimate of drug-likeness (QED) is 0.495. The van der Waals surface area contributed by atoms with E-state index in [1.807, 2.05) is 72.8 Å². The number of rotatable bonds is 2. The molecule has 4 heteroatoms. The molecule has 3 rings (SSSR count). The summed E-state index contributed by atoms with van der Waals surface area (Å²) in [7, 11) is 0. The van der Waals surface area contributed by atoms with Gasteiger partial charge in [-0.2, -0.15) is 21.0 Å². The van der Waals surface area contributed by atoms with Gasteiger partial charge in [-0.15, -0.1) is 0 Å². The highest BCUT2D eigenvalue weighted by Crippen LogP contribution is 2.35. The molecule has 0 atom stereocenters. The van der Waals surface area contributed by atoms with Crippen molar-refractivity contribution in [2.75, 3.05) is 0 Å². The molecule has 0 saturated heterocycles. The van der Waals surface area contributed by atoms with E-state index in [0.717, 1.165) is 32.7 Å². The van der Waals surface area contributed by atoms with E-state index in [4.69, 9.17) is 21.0 Å². The third-order valence-corrected chi connectivity index (χ3v) is 4.07. The summed E-state index contributed by atoms with van der Waals surface area (Å²) in [4.78, 5) is 0. The van der Waals surface area contributed by atoms with Crippen molar-refractivity contribution in [3.63, 3.8) is 0 Å². The molecule has 3 aromatic carbocycles. The summed E-state index contributed by atoms with van der Waals surface area (Å²) in [5.74, 6) is 0. The molecule has 3 aromatic rings. The molecule has 0 radical (unpaired) electrons. The van der Waals surface area contributed by atoms with Crippen molar-refractivity contribution in [3.05, 3.63) is 70.8 Å². The summed E-state index contributed by atoms with van der Waals surface area (Å²) in [6, 6.07) is 22.7. The minimum Gasteiger partial charge on any atom is -0.192 e. The van der Waals surface area contributed by atoms with Crippen molar-refractivity contribution in [1.29, 1.82) is 21.0 Å². The predicted octanol–water partition coefficient (Wildman–Crippen LogP) is 4.85. The maximum Gasteiger partial charge on any atom is 0.130 e. The molecule has 0 unspecified atom stereocenters. The Labute approximate surface area is 150 Å². The van der Waals surface area contributed by atoms with Crippen LogP contribution in [0.2, 0.25) is 0 Å². The smallest absolute Gasteiger partial charge is 0.130 e. The van der Waals surface area contributed by atoms with Gasteiger partial charge in [-0.1, -0.05) is 48.5 Å². The van der Waals surface area contributed by atoms with E-state index in [1.54, 1.807) is 12.2 Å². The second-order valence-corrected chi connectivity index (χ2v) is 5.48. The highest BCUT2D eigenvalue weighted by molar-refractivity contribution is 6.13. The van der Waals surface area contributed by atoms with Crippen molar-refractivity contribution in [3.8, 4) is 24.3 Å². The lowest BCUT2D eigenvalue weighted by Crippen LogP contribution is -1.90. The summed E-state index contributed by atoms with van der Waals surface area (Å²) >= 11 is 0. The first-order valence-electron chi connectivity index (χ1n) is 7.70. The first-order valence-corrected chi connectivity index (χ1v) is 7.70. The van der Waals surface area contributed by atoms with Crippen molar-refractivity contribution in [1.82, 2.24) is 0 Å². The Morgan fingerprint density at radius 1 is 0.538 bits per heavy atom. The second-order valence-electron chi connectivity index (χ2n) is 5.48. The fraction of sp³-hybridized carbons (Fsp3) is 0. The van der Waals surface area contributed by atoms with Crippen LogP contribution in [-0.2, 0) is 0 Å². The Morgan fingerprint density at radius 3 is 1.04 bits per heavy atom. The van der Waals surface area contributed by atoms with E-state index in [9.17, 15) is 0 Å². The summed E-state index contributed by atoms with van der Waals surface area (Å²) in [5, 5.41) is 40.0. The Morgan fingerprint density at radius 2 is 0.808 bits per heavy atom. The Kier molecular flexibility index (Phi) is 4.45. The first-order chi connectivity index (χ1) is 12.7. The average Bonchev–Trinajstić information content (AvgIpc) is 2.70. The molecule has 118 valence electrons. The third-order valence-electron chi connectivity index (χ3n) is 4.07. The van der Waals surface area contributed by atoms with Crippen LogP contribution in [0.5, 0.6) is 0 Å². The van der Waals surface area contributed by atoms with Crippen LogP contribution in [-0.4, -0.2) is 0 Å². The molecule has 26 heavy (non-hydrogen) atoms. The highest BCUT2D eigenvalue weighted by Gasteiger charge is 2.12. The topological polar surface area (TPSA) is 95.2 Å². The van der Waals surface area contributed by atoms with Gasteiger partial charge in [0.1, 0.15) is 35.4 Å². The minimum absolute atomic E-state index is 0.0123. The van der Waals surface area contributed by atoms with Crippen LogP contribution in [0.1, 0.15) is 11.1 Å². The summed E-state index contributed by atoms with van der Waals surface area (Å²) < 4.78 is 0. The van der Waals surface area contributed by atoms with E-state index in [0.29, 0.717) is 0 Å². The molecule has 0 aromatic heterocycles. The molecular formula is C22H10N4. The molecule has 0 fully saturated rings. The van der Waals surface area contributed by atoms with Gasteiger partial charge in [0.2, 0.25) is 0 Å². The van der Waals surface area contributed by atoms with E-state index >= 15 is 0 Å². The lowest BCUT2D eigenvalue weighted by atomic mass is 9.90. The van der Waals surface area contributed by atoms with Gasteiger partial charge >= 0.3 is 0 Å². The van der Waals surface area contributed by atoms with Gasteiger partial charge in [0.25, 0.3) is 0 Å². The zero-order valence-electron chi connectivity index (χ0n) is 13.6. The number of fused-ring (bicyclic) bond motifs is 2. The zero-order chi connectivity index (χ0) is 18.5. The molecule has 0 aliphatic heterocycles. The van der Waals surface area contributed by atoms with Crippen molar-refractivity contribution in [2.24, 2.45) is 0 Å². The van der Waals surface area contributed by atoms with Crippen LogP contribution in [0.3, 0.4) is 0 Å². The van der Waals surface area contributed by atoms with Crippen LogP contribution in [0, 0.1) is 45.3 Å². The average molecular weight is 330 g/mol. The van der Waals surface area contributed by atoms with Crippen LogP contribution in [0.15, 0.2) is 59.7 Å². The maximum atomic E-state index is 9.15. The van der Waals surface area contributed by atoms with Gasteiger partial charge in [0, 0.05) is 0 Å². The number of hydrogen-bond acceptors (Lipinski definition) is 4. The summed E-state index contributed by atoms with van der Waals surface area (Å²) in [6.45, 7) is 0. The van der Waals surface area contributed by atoms with Gasteiger partial charge in [0.05, 0.1) is 0 Å². The second kappa shape index (κ2) is 7.02. The van der Waals surface area contributed by atoms with Gasteiger partial charge in [0.15, 0.2) is 0 Å². The fourth-order valence-electron chi connectivity index (χ4n) is 2.97. The van der Waals surface area contributed by atoms with E-state index in [-0.39, 0.29) is 11.1 Å². The number of hydrogen-bond donors (Lipinski definition) is 0. The molecule has 0 bridgehead atoms. The van der Waals surface area contributed by atoms with Gasteiger partial charge in [-0.05, 0) is 44.8 Å². The standard InChI is InChI=1S/C22H10N4/c23-11-15(12-24)9-21-17-5-1-2-6-18(17)22(10-16(13-25)14-26)20-8-4-3-7-19(20)21/h1-10H. The van der Waals surface area contributed by atoms with E-state index in [1.165, 1.54) is 0 Å². The maximum absolute atomic E-state index is 9.15. The summed E-state index contributed by atoms with van der Waals surface area (Å²) in [6.07, 6.45) is 3.15.